The molecule has 2 atom stereocenters. The van der Waals surface area contributed by atoms with Crippen molar-refractivity contribution >= 4 is 29.8 Å². The van der Waals surface area contributed by atoms with Gasteiger partial charge in [0.25, 0.3) is 0 Å². The summed E-state index contributed by atoms with van der Waals surface area (Å²) in [5.74, 6) is -1.22. The lowest BCUT2D eigenvalue weighted by Gasteiger charge is -2.24. The summed E-state index contributed by atoms with van der Waals surface area (Å²) >= 11 is 0. The minimum atomic E-state index is -1.03. The minimum absolute atomic E-state index is 0.0135. The molecule has 0 saturated heterocycles. The second kappa shape index (κ2) is 20.2. The molecule has 2 aromatic rings. The SMILES string of the molecule is CC(=O)N[C@@H](CCC(=O)OC(C)(C)C)C(=O)N[C@@H](CCc1ccccc1)C(=O)NCc1cc(OCCCCNC(=O)OC(C)(C)C)ccc1C. The van der Waals surface area contributed by atoms with Crippen LogP contribution in [0.25, 0.3) is 0 Å². The summed E-state index contributed by atoms with van der Waals surface area (Å²) in [6.45, 7) is 15.0. The average Bonchev–Trinajstić information content (AvgIpc) is 3.01. The second-order valence-electron chi connectivity index (χ2n) is 14.3. The van der Waals surface area contributed by atoms with E-state index in [2.05, 4.69) is 21.3 Å². The number of hydrogen-bond donors (Lipinski definition) is 4. The topological polar surface area (TPSA) is 161 Å². The Hall–Kier alpha value is -4.61. The smallest absolute Gasteiger partial charge is 0.407 e. The van der Waals surface area contributed by atoms with Crippen molar-refractivity contribution in [2.75, 3.05) is 13.2 Å². The van der Waals surface area contributed by atoms with Crippen molar-refractivity contribution in [3.8, 4) is 5.75 Å². The number of ether oxygens (including phenoxy) is 3. The van der Waals surface area contributed by atoms with Crippen LogP contribution in [0.4, 0.5) is 4.79 Å². The molecule has 2 rings (SSSR count). The van der Waals surface area contributed by atoms with E-state index < -0.39 is 47.2 Å². The highest BCUT2D eigenvalue weighted by Crippen LogP contribution is 2.18. The standard InChI is InChI=1S/C38H56N4O8/c1-26-16-18-30(48-23-13-12-22-39-36(47)50-38(6,7)8)24-29(26)25-40-34(45)31(19-17-28-14-10-9-11-15-28)42-35(46)32(41-27(2)43)20-21-33(44)49-37(3,4)5/h9-11,14-16,18,24,31-32H,12-13,17,19-23,25H2,1-8H3,(H,39,47)(H,40,45)(H,41,43)(H,42,46)/t31-,32-/m0/s1. The molecule has 0 heterocycles. The van der Waals surface area contributed by atoms with Crippen LogP contribution in [0, 0.1) is 6.92 Å². The predicted molar refractivity (Wildman–Crippen MR) is 191 cm³/mol. The van der Waals surface area contributed by atoms with Gasteiger partial charge in [0.2, 0.25) is 17.7 Å². The van der Waals surface area contributed by atoms with E-state index in [-0.39, 0.29) is 25.3 Å². The fourth-order valence-corrected chi connectivity index (χ4v) is 4.82. The van der Waals surface area contributed by atoms with Crippen molar-refractivity contribution in [2.24, 2.45) is 0 Å². The van der Waals surface area contributed by atoms with Crippen molar-refractivity contribution < 1.29 is 38.2 Å². The molecule has 0 aromatic heterocycles. The van der Waals surface area contributed by atoms with Crippen LogP contribution < -0.4 is 26.0 Å². The number of unbranched alkanes of at least 4 members (excludes halogenated alkanes) is 1. The first-order valence-corrected chi connectivity index (χ1v) is 17.2. The van der Waals surface area contributed by atoms with E-state index in [1.54, 1.807) is 20.8 Å². The van der Waals surface area contributed by atoms with Crippen LogP contribution in [0.15, 0.2) is 48.5 Å². The number of rotatable bonds is 18. The molecule has 12 heteroatoms. The molecule has 4 amide bonds. The van der Waals surface area contributed by atoms with Crippen molar-refractivity contribution in [2.45, 2.75) is 124 Å². The summed E-state index contributed by atoms with van der Waals surface area (Å²) in [5.41, 5.74) is 1.58. The largest absolute Gasteiger partial charge is 0.494 e. The number of benzene rings is 2. The molecule has 12 nitrogen and oxygen atoms in total. The highest BCUT2D eigenvalue weighted by Gasteiger charge is 2.28. The third-order valence-corrected chi connectivity index (χ3v) is 7.23. The average molecular weight is 697 g/mol. The molecule has 0 aliphatic carbocycles. The third kappa shape index (κ3) is 17.7. The normalized spacial score (nSPS) is 12.6. The lowest BCUT2D eigenvalue weighted by atomic mass is 10.0. The molecular formula is C38H56N4O8. The van der Waals surface area contributed by atoms with Gasteiger partial charge in [-0.1, -0.05) is 36.4 Å². The van der Waals surface area contributed by atoms with Crippen LogP contribution in [0.1, 0.15) is 97.3 Å². The first-order chi connectivity index (χ1) is 23.4. The summed E-state index contributed by atoms with van der Waals surface area (Å²) in [7, 11) is 0. The Morgan fingerprint density at radius 3 is 2.06 bits per heavy atom. The highest BCUT2D eigenvalue weighted by atomic mass is 16.6. The number of carbonyl (C=O) groups excluding carboxylic acids is 5. The van der Waals surface area contributed by atoms with Gasteiger partial charge in [-0.2, -0.15) is 0 Å². The van der Waals surface area contributed by atoms with Gasteiger partial charge in [-0.25, -0.2) is 4.79 Å². The van der Waals surface area contributed by atoms with Gasteiger partial charge in [-0.15, -0.1) is 0 Å². The lowest BCUT2D eigenvalue weighted by molar-refractivity contribution is -0.155. The Morgan fingerprint density at radius 1 is 0.760 bits per heavy atom. The maximum absolute atomic E-state index is 13.6. The van der Waals surface area contributed by atoms with Crippen LogP contribution >= 0.6 is 0 Å². The van der Waals surface area contributed by atoms with Gasteiger partial charge in [0, 0.05) is 26.4 Å². The predicted octanol–water partition coefficient (Wildman–Crippen LogP) is 5.04. The molecule has 0 fully saturated rings. The van der Waals surface area contributed by atoms with E-state index in [9.17, 15) is 24.0 Å². The summed E-state index contributed by atoms with van der Waals surface area (Å²) in [6.07, 6.45) is 1.75. The van der Waals surface area contributed by atoms with Gasteiger partial charge >= 0.3 is 12.1 Å². The van der Waals surface area contributed by atoms with Crippen LogP contribution in [0.5, 0.6) is 5.75 Å². The Labute approximate surface area is 296 Å². The molecule has 4 N–H and O–H groups in total. The molecule has 0 saturated carbocycles. The van der Waals surface area contributed by atoms with Crippen molar-refractivity contribution in [3.05, 3.63) is 65.2 Å². The van der Waals surface area contributed by atoms with Gasteiger partial charge in [0.1, 0.15) is 29.0 Å². The number of amides is 4. The fraction of sp³-hybridized carbons (Fsp3) is 0.553. The molecule has 276 valence electrons. The number of hydrogen-bond acceptors (Lipinski definition) is 8. The number of esters is 1. The molecule has 0 aliphatic heterocycles. The van der Waals surface area contributed by atoms with E-state index in [1.807, 2.05) is 76.2 Å². The number of aryl methyl sites for hydroxylation is 2. The van der Waals surface area contributed by atoms with Crippen LogP contribution in [-0.2, 0) is 41.6 Å². The molecule has 0 aliphatic rings. The number of alkyl carbamates (subject to hydrolysis) is 1. The number of nitrogens with one attached hydrogen (secondary N) is 4. The summed E-state index contributed by atoms with van der Waals surface area (Å²) in [5, 5.41) is 11.1. The summed E-state index contributed by atoms with van der Waals surface area (Å²) < 4.78 is 16.5. The Balaban J connectivity index is 2.03. The lowest BCUT2D eigenvalue weighted by Crippen LogP contribution is -2.53. The maximum atomic E-state index is 13.6. The fourth-order valence-electron chi connectivity index (χ4n) is 4.82. The Kier molecular flexibility index (Phi) is 16.8. The zero-order valence-corrected chi connectivity index (χ0v) is 30.9. The Morgan fingerprint density at radius 2 is 1.42 bits per heavy atom. The zero-order valence-electron chi connectivity index (χ0n) is 30.9. The van der Waals surface area contributed by atoms with Crippen molar-refractivity contribution in [3.63, 3.8) is 0 Å². The minimum Gasteiger partial charge on any atom is -0.494 e. The van der Waals surface area contributed by atoms with Gasteiger partial charge in [-0.3, -0.25) is 19.2 Å². The highest BCUT2D eigenvalue weighted by molar-refractivity contribution is 5.92. The zero-order chi connectivity index (χ0) is 37.3. The van der Waals surface area contributed by atoms with E-state index in [0.29, 0.717) is 38.2 Å². The van der Waals surface area contributed by atoms with Crippen LogP contribution in [0.3, 0.4) is 0 Å². The van der Waals surface area contributed by atoms with E-state index >= 15 is 0 Å². The van der Waals surface area contributed by atoms with Crippen molar-refractivity contribution in [1.29, 1.82) is 0 Å². The van der Waals surface area contributed by atoms with Gasteiger partial charge in [0.15, 0.2) is 0 Å². The Bertz CT molecular complexity index is 1420. The van der Waals surface area contributed by atoms with Gasteiger partial charge < -0.3 is 35.5 Å². The van der Waals surface area contributed by atoms with Crippen molar-refractivity contribution in [1.82, 2.24) is 21.3 Å². The van der Waals surface area contributed by atoms with Gasteiger partial charge in [0.05, 0.1) is 6.61 Å². The van der Waals surface area contributed by atoms with E-state index in [1.165, 1.54) is 6.92 Å². The molecule has 0 spiro atoms. The van der Waals surface area contributed by atoms with E-state index in [0.717, 1.165) is 23.1 Å². The number of carbonyl (C=O) groups is 5. The maximum Gasteiger partial charge on any atom is 0.407 e. The molecular weight excluding hydrogens is 640 g/mol. The summed E-state index contributed by atoms with van der Waals surface area (Å²) in [4.78, 5) is 63.1. The third-order valence-electron chi connectivity index (χ3n) is 7.23. The van der Waals surface area contributed by atoms with Crippen LogP contribution in [0.2, 0.25) is 0 Å². The molecule has 50 heavy (non-hydrogen) atoms. The van der Waals surface area contributed by atoms with Crippen LogP contribution in [-0.4, -0.2) is 66.2 Å². The molecule has 0 radical (unpaired) electrons. The summed E-state index contributed by atoms with van der Waals surface area (Å²) in [6, 6.07) is 13.3. The van der Waals surface area contributed by atoms with E-state index in [4.69, 9.17) is 14.2 Å². The quantitative estimate of drug-likeness (QED) is 0.125. The monoisotopic (exact) mass is 696 g/mol. The molecule has 0 unspecified atom stereocenters. The van der Waals surface area contributed by atoms with Gasteiger partial charge in [-0.05, 0) is 109 Å². The molecule has 2 aromatic carbocycles. The second-order valence-corrected chi connectivity index (χ2v) is 14.3. The molecule has 0 bridgehead atoms. The first-order valence-electron chi connectivity index (χ1n) is 17.2. The first kappa shape index (κ1) is 41.6.